The molecular weight excluding hydrogens is 504 g/mol. The highest BCUT2D eigenvalue weighted by Crippen LogP contribution is 2.23. The normalized spacial score (nSPS) is 18.2. The fraction of sp³-hybridized carbons (Fsp3) is 0.519. The summed E-state index contributed by atoms with van der Waals surface area (Å²) in [5.74, 6) is -3.63. The zero-order chi connectivity index (χ0) is 28.7. The summed E-state index contributed by atoms with van der Waals surface area (Å²) in [6, 6.07) is 3.55. The second-order valence-electron chi connectivity index (χ2n) is 10.1. The maximum Gasteiger partial charge on any atom is 0.326 e. The number of hydrogen-bond acceptors (Lipinski definition) is 6. The highest BCUT2D eigenvalue weighted by Gasteiger charge is 2.39. The summed E-state index contributed by atoms with van der Waals surface area (Å²) < 4.78 is 0. The van der Waals surface area contributed by atoms with Crippen molar-refractivity contribution in [3.63, 3.8) is 0 Å². The fourth-order valence-corrected chi connectivity index (χ4v) is 4.82. The summed E-state index contributed by atoms with van der Waals surface area (Å²) in [6.07, 6.45) is 3.13. The van der Waals surface area contributed by atoms with Crippen molar-refractivity contribution in [3.8, 4) is 0 Å². The van der Waals surface area contributed by atoms with Crippen molar-refractivity contribution in [1.29, 1.82) is 0 Å². The van der Waals surface area contributed by atoms with Gasteiger partial charge in [-0.2, -0.15) is 0 Å². The number of hydrogen-bond donors (Lipinski definition) is 6. The van der Waals surface area contributed by atoms with Gasteiger partial charge in [-0.1, -0.05) is 38.5 Å². The number of para-hydroxylation sites is 1. The maximum absolute atomic E-state index is 13.9. The minimum atomic E-state index is -1.32. The molecule has 0 bridgehead atoms. The molecule has 4 amide bonds. The second kappa shape index (κ2) is 13.2. The van der Waals surface area contributed by atoms with Gasteiger partial charge in [-0.15, -0.1) is 0 Å². The molecule has 0 radical (unpaired) electrons. The number of H-pyrrole nitrogens is 1. The van der Waals surface area contributed by atoms with Crippen LogP contribution in [0.2, 0.25) is 0 Å². The first kappa shape index (κ1) is 29.6. The monoisotopic (exact) mass is 542 g/mol. The predicted molar refractivity (Wildman–Crippen MR) is 144 cm³/mol. The lowest BCUT2D eigenvalue weighted by molar-refractivity contribution is -0.145. The molecule has 2 aromatic rings. The van der Waals surface area contributed by atoms with E-state index in [-0.39, 0.29) is 31.7 Å². The molecule has 2 heterocycles. The number of rotatable bonds is 13. The molecule has 1 aliphatic heterocycles. The van der Waals surface area contributed by atoms with Crippen LogP contribution in [0.25, 0.3) is 10.9 Å². The van der Waals surface area contributed by atoms with E-state index in [4.69, 9.17) is 11.5 Å². The number of benzene rings is 1. The lowest BCUT2D eigenvalue weighted by atomic mass is 9.98. The Bertz CT molecular complexity index is 1210. The van der Waals surface area contributed by atoms with E-state index in [1.54, 1.807) is 6.20 Å². The maximum atomic E-state index is 13.9. The Balaban J connectivity index is 1.83. The molecule has 39 heavy (non-hydrogen) atoms. The second-order valence-corrected chi connectivity index (χ2v) is 10.1. The van der Waals surface area contributed by atoms with Crippen molar-refractivity contribution in [2.75, 3.05) is 6.54 Å². The summed E-state index contributed by atoms with van der Waals surface area (Å²) in [7, 11) is 0. The number of nitrogens with zero attached hydrogens (tertiary/aromatic N) is 1. The van der Waals surface area contributed by atoms with Gasteiger partial charge in [-0.25, -0.2) is 4.79 Å². The van der Waals surface area contributed by atoms with Crippen LogP contribution in [0.5, 0.6) is 0 Å². The average molecular weight is 543 g/mol. The van der Waals surface area contributed by atoms with Gasteiger partial charge in [0.1, 0.15) is 18.1 Å². The van der Waals surface area contributed by atoms with E-state index >= 15 is 0 Å². The van der Waals surface area contributed by atoms with E-state index in [2.05, 4.69) is 15.6 Å². The lowest BCUT2D eigenvalue weighted by Crippen LogP contribution is -2.58. The first-order valence-electron chi connectivity index (χ1n) is 13.3. The number of aliphatic carboxylic acids is 1. The summed E-state index contributed by atoms with van der Waals surface area (Å²) in [4.78, 5) is 67.3. The van der Waals surface area contributed by atoms with Gasteiger partial charge in [0.25, 0.3) is 0 Å². The third-order valence-electron chi connectivity index (χ3n) is 7.41. The summed E-state index contributed by atoms with van der Waals surface area (Å²) >= 11 is 0. The molecule has 0 saturated carbocycles. The minimum Gasteiger partial charge on any atom is -0.480 e. The number of carboxylic acid groups (broad SMARTS) is 1. The molecule has 12 heteroatoms. The smallest absolute Gasteiger partial charge is 0.326 e. The van der Waals surface area contributed by atoms with Crippen molar-refractivity contribution in [3.05, 3.63) is 36.0 Å². The molecule has 3 rings (SSSR count). The quantitative estimate of drug-likeness (QED) is 0.210. The van der Waals surface area contributed by atoms with Gasteiger partial charge < -0.3 is 37.1 Å². The standard InChI is InChI=1S/C27H38N6O6/c1-3-15(2)23(29)25(36)32-20(13-16-14-30-18-8-5-4-7-17(16)18)26(37)33-12-6-9-21(33)24(35)31-19(27(38)39)10-11-22(28)34/h4-5,7-8,14-15,19-21,23,30H,3,6,9-13,29H2,1-2H3,(H2,28,34)(H,31,35)(H,32,36)(H,38,39). The van der Waals surface area contributed by atoms with Crippen molar-refractivity contribution in [2.24, 2.45) is 17.4 Å². The largest absolute Gasteiger partial charge is 0.480 e. The topological polar surface area (TPSA) is 201 Å². The van der Waals surface area contributed by atoms with Crippen LogP contribution >= 0.6 is 0 Å². The Labute approximate surface area is 226 Å². The molecule has 1 fully saturated rings. The number of nitrogens with two attached hydrogens (primary N) is 2. The number of carbonyl (C=O) groups is 5. The van der Waals surface area contributed by atoms with E-state index in [1.807, 2.05) is 38.1 Å². The molecule has 212 valence electrons. The first-order chi connectivity index (χ1) is 18.5. The van der Waals surface area contributed by atoms with E-state index in [1.165, 1.54) is 4.90 Å². The van der Waals surface area contributed by atoms with Gasteiger partial charge in [-0.05, 0) is 36.8 Å². The Morgan fingerprint density at radius 2 is 1.87 bits per heavy atom. The number of aromatic amines is 1. The van der Waals surface area contributed by atoms with E-state index in [0.29, 0.717) is 19.3 Å². The molecule has 1 aromatic heterocycles. The Morgan fingerprint density at radius 1 is 1.15 bits per heavy atom. The SMILES string of the molecule is CCC(C)C(N)C(=O)NC(Cc1c[nH]c2ccccc12)C(=O)N1CCCC1C(=O)NC(CCC(N)=O)C(=O)O. The van der Waals surface area contributed by atoms with Gasteiger partial charge in [0.15, 0.2) is 0 Å². The van der Waals surface area contributed by atoms with Crippen molar-refractivity contribution < 1.29 is 29.1 Å². The third-order valence-corrected chi connectivity index (χ3v) is 7.41. The van der Waals surface area contributed by atoms with Gasteiger partial charge in [0, 0.05) is 36.5 Å². The number of amides is 4. The Hall–Kier alpha value is -3.93. The number of aromatic nitrogens is 1. The zero-order valence-electron chi connectivity index (χ0n) is 22.3. The van der Waals surface area contributed by atoms with Crippen LogP contribution in [0, 0.1) is 5.92 Å². The van der Waals surface area contributed by atoms with Crippen molar-refractivity contribution in [2.45, 2.75) is 76.5 Å². The van der Waals surface area contributed by atoms with E-state index in [9.17, 15) is 29.1 Å². The summed E-state index contributed by atoms with van der Waals surface area (Å²) in [5.41, 5.74) is 13.0. The molecule has 5 atom stereocenters. The summed E-state index contributed by atoms with van der Waals surface area (Å²) in [5, 5.41) is 15.6. The van der Waals surface area contributed by atoms with Crippen LogP contribution in [0.3, 0.4) is 0 Å². The Kier molecular flexibility index (Phi) is 10.0. The van der Waals surface area contributed by atoms with Gasteiger partial charge in [0.2, 0.25) is 23.6 Å². The highest BCUT2D eigenvalue weighted by atomic mass is 16.4. The lowest BCUT2D eigenvalue weighted by Gasteiger charge is -2.30. The molecule has 1 aliphatic rings. The average Bonchev–Trinajstić information content (AvgIpc) is 3.56. The van der Waals surface area contributed by atoms with Gasteiger partial charge in [-0.3, -0.25) is 19.2 Å². The minimum absolute atomic E-state index is 0.104. The molecule has 8 N–H and O–H groups in total. The zero-order valence-corrected chi connectivity index (χ0v) is 22.3. The number of likely N-dealkylation sites (tertiary alicyclic amines) is 1. The molecule has 12 nitrogen and oxygen atoms in total. The van der Waals surface area contributed by atoms with Crippen LogP contribution in [0.1, 0.15) is 51.5 Å². The van der Waals surface area contributed by atoms with Gasteiger partial charge in [0.05, 0.1) is 6.04 Å². The molecule has 1 aromatic carbocycles. The third kappa shape index (κ3) is 7.34. The van der Waals surface area contributed by atoms with Crippen LogP contribution in [-0.2, 0) is 30.4 Å². The van der Waals surface area contributed by atoms with Crippen molar-refractivity contribution >= 4 is 40.5 Å². The molecular formula is C27H38N6O6. The summed E-state index contributed by atoms with van der Waals surface area (Å²) in [6.45, 7) is 4.06. The number of carboxylic acids is 1. The number of carbonyl (C=O) groups excluding carboxylic acids is 4. The van der Waals surface area contributed by atoms with Crippen LogP contribution in [0.15, 0.2) is 30.5 Å². The van der Waals surface area contributed by atoms with E-state index in [0.717, 1.165) is 16.5 Å². The van der Waals surface area contributed by atoms with Crippen molar-refractivity contribution in [1.82, 2.24) is 20.5 Å². The van der Waals surface area contributed by atoms with Crippen LogP contribution in [-0.4, -0.2) is 75.3 Å². The fourth-order valence-electron chi connectivity index (χ4n) is 4.82. The molecule has 0 spiro atoms. The molecule has 5 unspecified atom stereocenters. The molecule has 1 saturated heterocycles. The van der Waals surface area contributed by atoms with Crippen LogP contribution in [0.4, 0.5) is 0 Å². The first-order valence-corrected chi connectivity index (χ1v) is 13.3. The molecule has 0 aliphatic carbocycles. The predicted octanol–water partition coefficient (Wildman–Crippen LogP) is 0.395. The highest BCUT2D eigenvalue weighted by molar-refractivity contribution is 5.95. The number of nitrogens with one attached hydrogen (secondary N) is 3. The Morgan fingerprint density at radius 3 is 2.54 bits per heavy atom. The van der Waals surface area contributed by atoms with Gasteiger partial charge >= 0.3 is 5.97 Å². The van der Waals surface area contributed by atoms with Crippen LogP contribution < -0.4 is 22.1 Å². The number of fused-ring (bicyclic) bond motifs is 1. The van der Waals surface area contributed by atoms with E-state index < -0.39 is 53.8 Å². The number of primary amides is 1.